The van der Waals surface area contributed by atoms with Crippen LogP contribution in [-0.2, 0) is 19.6 Å². The van der Waals surface area contributed by atoms with Gasteiger partial charge in [-0.2, -0.15) is 0 Å². The number of carbonyl (C=O) groups excluding carboxylic acids is 2. The molecule has 0 aliphatic heterocycles. The topological polar surface area (TPSA) is 102 Å². The largest absolute Gasteiger partial charge is 0.476 e. The molecular weight excluding hydrogens is 500 g/mol. The van der Waals surface area contributed by atoms with Crippen LogP contribution in [0, 0.1) is 23.2 Å². The van der Waals surface area contributed by atoms with Crippen LogP contribution in [0.25, 0.3) is 0 Å². The summed E-state index contributed by atoms with van der Waals surface area (Å²) in [7, 11) is -3.93. The van der Waals surface area contributed by atoms with E-state index in [1.54, 1.807) is 56.3 Å². The molecule has 4 saturated carbocycles. The lowest BCUT2D eigenvalue weighted by Gasteiger charge is -2.59. The summed E-state index contributed by atoms with van der Waals surface area (Å²) in [5.74, 6) is 0.374. The van der Waals surface area contributed by atoms with Crippen LogP contribution in [0.5, 0.6) is 5.75 Å². The lowest BCUT2D eigenvalue weighted by atomic mass is 9.47. The first-order valence-electron chi connectivity index (χ1n) is 12.4. The predicted molar refractivity (Wildman–Crippen MR) is 136 cm³/mol. The van der Waals surface area contributed by atoms with E-state index in [1.165, 1.54) is 12.1 Å². The zero-order valence-corrected chi connectivity index (χ0v) is 21.9. The van der Waals surface area contributed by atoms with E-state index in [9.17, 15) is 18.0 Å². The first kappa shape index (κ1) is 25.1. The SMILES string of the molecule is CC(C)(Oc1ccccc1Cl)C(=O)NC1C2CC3C[C@@H]1CC(C(=O)NS(=O)(=O)c1ccccc1)(C3)C2. The van der Waals surface area contributed by atoms with Gasteiger partial charge in [-0.25, -0.2) is 13.1 Å². The van der Waals surface area contributed by atoms with Gasteiger partial charge in [0, 0.05) is 6.04 Å². The molecule has 0 saturated heterocycles. The van der Waals surface area contributed by atoms with Gasteiger partial charge in [0.05, 0.1) is 15.3 Å². The zero-order valence-electron chi connectivity index (χ0n) is 20.4. The number of halogens is 1. The van der Waals surface area contributed by atoms with E-state index < -0.39 is 26.9 Å². The average Bonchev–Trinajstić information content (AvgIpc) is 2.82. The summed E-state index contributed by atoms with van der Waals surface area (Å²) in [5, 5.41) is 3.65. The third-order valence-electron chi connectivity index (χ3n) is 8.08. The van der Waals surface area contributed by atoms with Crippen molar-refractivity contribution in [2.45, 2.75) is 62.5 Å². The predicted octanol–water partition coefficient (Wildman–Crippen LogP) is 4.31. The fourth-order valence-corrected chi connectivity index (χ4v) is 7.87. The Morgan fingerprint density at radius 1 is 0.972 bits per heavy atom. The van der Waals surface area contributed by atoms with Crippen LogP contribution < -0.4 is 14.8 Å². The molecule has 2 amide bonds. The number of para-hydroxylation sites is 1. The first-order chi connectivity index (χ1) is 17.0. The van der Waals surface area contributed by atoms with Gasteiger partial charge in [0.25, 0.3) is 15.9 Å². The fraction of sp³-hybridized carbons (Fsp3) is 0.481. The van der Waals surface area contributed by atoms with E-state index in [1.807, 2.05) is 0 Å². The Balaban J connectivity index is 1.29. The molecule has 0 spiro atoms. The van der Waals surface area contributed by atoms with Gasteiger partial charge in [-0.05, 0) is 88.0 Å². The van der Waals surface area contributed by atoms with Crippen molar-refractivity contribution in [3.63, 3.8) is 0 Å². The molecule has 192 valence electrons. The van der Waals surface area contributed by atoms with E-state index in [0.29, 0.717) is 36.0 Å². The molecule has 2 aromatic rings. The summed E-state index contributed by atoms with van der Waals surface area (Å²) < 4.78 is 34.0. The molecular formula is C27H31ClN2O5S. The van der Waals surface area contributed by atoms with Gasteiger partial charge < -0.3 is 10.1 Å². The van der Waals surface area contributed by atoms with Crippen molar-refractivity contribution in [3.05, 3.63) is 59.6 Å². The molecule has 4 fully saturated rings. The van der Waals surface area contributed by atoms with E-state index in [0.717, 1.165) is 12.8 Å². The van der Waals surface area contributed by atoms with E-state index in [4.69, 9.17) is 16.3 Å². The Bertz CT molecular complexity index is 1260. The van der Waals surface area contributed by atoms with Crippen molar-refractivity contribution < 1.29 is 22.7 Å². The summed E-state index contributed by atoms with van der Waals surface area (Å²) in [6, 6.07) is 14.9. The van der Waals surface area contributed by atoms with Gasteiger partial charge in [0.2, 0.25) is 5.91 Å². The summed E-state index contributed by atoms with van der Waals surface area (Å²) in [6.07, 6.45) is 3.67. The van der Waals surface area contributed by atoms with Crippen LogP contribution in [0.1, 0.15) is 46.0 Å². The standard InChI is InChI=1S/C27H31ClN2O5S/c1-26(2,35-22-11-7-6-10-21(22)28)24(31)29-23-18-12-17-13-19(23)16-27(14-17,15-18)25(32)30-36(33,34)20-8-4-3-5-9-20/h3-11,17-19,23H,12-16H2,1-2H3,(H,29,31)(H,30,32)/t17?,18-,19?,23?,27?/m1/s1. The van der Waals surface area contributed by atoms with Gasteiger partial charge in [-0.3, -0.25) is 9.59 Å². The quantitative estimate of drug-likeness (QED) is 0.555. The normalized spacial score (nSPS) is 29.0. The highest BCUT2D eigenvalue weighted by Crippen LogP contribution is 2.60. The summed E-state index contributed by atoms with van der Waals surface area (Å²) in [6.45, 7) is 3.43. The molecule has 4 unspecified atom stereocenters. The molecule has 2 aromatic carbocycles. The molecule has 0 heterocycles. The number of carbonyl (C=O) groups is 2. The first-order valence-corrected chi connectivity index (χ1v) is 14.2. The van der Waals surface area contributed by atoms with Crippen molar-refractivity contribution >= 4 is 33.4 Å². The number of hydrogen-bond acceptors (Lipinski definition) is 5. The van der Waals surface area contributed by atoms with E-state index in [2.05, 4.69) is 10.0 Å². The second-order valence-electron chi connectivity index (χ2n) is 11.0. The van der Waals surface area contributed by atoms with E-state index in [-0.39, 0.29) is 28.7 Å². The Morgan fingerprint density at radius 3 is 2.22 bits per heavy atom. The van der Waals surface area contributed by atoms with Gasteiger partial charge in [0.15, 0.2) is 5.60 Å². The highest BCUT2D eigenvalue weighted by atomic mass is 35.5. The lowest BCUT2D eigenvalue weighted by molar-refractivity contribution is -0.151. The Morgan fingerprint density at radius 2 is 1.58 bits per heavy atom. The van der Waals surface area contributed by atoms with Crippen LogP contribution in [0.15, 0.2) is 59.5 Å². The Labute approximate surface area is 217 Å². The molecule has 4 bridgehead atoms. The van der Waals surface area contributed by atoms with Gasteiger partial charge >= 0.3 is 0 Å². The highest BCUT2D eigenvalue weighted by molar-refractivity contribution is 7.90. The van der Waals surface area contributed by atoms with Crippen molar-refractivity contribution in [2.75, 3.05) is 0 Å². The molecule has 4 aliphatic rings. The fourth-order valence-electron chi connectivity index (χ4n) is 6.60. The van der Waals surface area contributed by atoms with Crippen LogP contribution in [0.3, 0.4) is 0 Å². The number of nitrogens with one attached hydrogen (secondary N) is 2. The number of benzene rings is 2. The Kier molecular flexibility index (Phi) is 6.32. The zero-order chi connectivity index (χ0) is 25.7. The Hall–Kier alpha value is -2.58. The second-order valence-corrected chi connectivity index (χ2v) is 13.1. The van der Waals surface area contributed by atoms with Gasteiger partial charge in [-0.1, -0.05) is 41.9 Å². The lowest BCUT2D eigenvalue weighted by Crippen LogP contribution is -2.64. The molecule has 9 heteroatoms. The number of ether oxygens (including phenoxy) is 1. The number of amides is 2. The smallest absolute Gasteiger partial charge is 0.264 e. The van der Waals surface area contributed by atoms with Crippen LogP contribution in [-0.4, -0.2) is 31.9 Å². The average molecular weight is 531 g/mol. The maximum absolute atomic E-state index is 13.4. The minimum absolute atomic E-state index is 0.0742. The number of sulfonamides is 1. The maximum atomic E-state index is 13.4. The molecule has 4 aliphatic carbocycles. The monoisotopic (exact) mass is 530 g/mol. The minimum atomic E-state index is -3.93. The minimum Gasteiger partial charge on any atom is -0.476 e. The molecule has 7 nitrogen and oxygen atoms in total. The van der Waals surface area contributed by atoms with E-state index >= 15 is 0 Å². The summed E-state index contributed by atoms with van der Waals surface area (Å²) >= 11 is 6.22. The number of rotatable bonds is 7. The molecule has 6 rings (SSSR count). The highest BCUT2D eigenvalue weighted by Gasteiger charge is 2.59. The van der Waals surface area contributed by atoms with Crippen molar-refractivity contribution in [3.8, 4) is 5.75 Å². The van der Waals surface area contributed by atoms with Crippen LogP contribution in [0.4, 0.5) is 0 Å². The molecule has 36 heavy (non-hydrogen) atoms. The summed E-state index contributed by atoms with van der Waals surface area (Å²) in [5.41, 5.74) is -1.86. The molecule has 5 atom stereocenters. The van der Waals surface area contributed by atoms with Gasteiger partial charge in [-0.15, -0.1) is 0 Å². The second kappa shape index (κ2) is 9.06. The van der Waals surface area contributed by atoms with Crippen molar-refractivity contribution in [1.29, 1.82) is 0 Å². The number of hydrogen-bond donors (Lipinski definition) is 2. The molecule has 0 aromatic heterocycles. The van der Waals surface area contributed by atoms with Crippen LogP contribution in [0.2, 0.25) is 5.02 Å². The third-order valence-corrected chi connectivity index (χ3v) is 9.74. The molecule has 0 radical (unpaired) electrons. The van der Waals surface area contributed by atoms with Crippen molar-refractivity contribution in [1.82, 2.24) is 10.0 Å². The summed E-state index contributed by atoms with van der Waals surface area (Å²) in [4.78, 5) is 26.8. The van der Waals surface area contributed by atoms with Crippen molar-refractivity contribution in [2.24, 2.45) is 23.2 Å². The third kappa shape index (κ3) is 4.61. The van der Waals surface area contributed by atoms with Crippen LogP contribution >= 0.6 is 11.6 Å². The van der Waals surface area contributed by atoms with Gasteiger partial charge in [0.1, 0.15) is 5.75 Å². The molecule has 2 N–H and O–H groups in total. The maximum Gasteiger partial charge on any atom is 0.264 e.